The van der Waals surface area contributed by atoms with Crippen LogP contribution in [0.5, 0.6) is 0 Å². The molecule has 0 radical (unpaired) electrons. The van der Waals surface area contributed by atoms with E-state index in [0.29, 0.717) is 0 Å². The fourth-order valence-electron chi connectivity index (χ4n) is 2.85. The molecule has 5 nitrogen and oxygen atoms in total. The van der Waals surface area contributed by atoms with Crippen LogP contribution in [0.15, 0.2) is 42.7 Å². The Morgan fingerprint density at radius 1 is 1.05 bits per heavy atom. The fourth-order valence-corrected chi connectivity index (χ4v) is 2.85. The van der Waals surface area contributed by atoms with E-state index in [1.807, 2.05) is 6.20 Å². The second kappa shape index (κ2) is 8.08. The van der Waals surface area contributed by atoms with Crippen molar-refractivity contribution in [1.82, 2.24) is 25.1 Å². The van der Waals surface area contributed by atoms with Crippen molar-refractivity contribution in [3.63, 3.8) is 0 Å². The van der Waals surface area contributed by atoms with Crippen molar-refractivity contribution in [2.45, 2.75) is 13.1 Å². The fraction of sp³-hybridized carbons (Fsp3) is 0.471. The number of hydrogen-bond donors (Lipinski definition) is 2. The molecule has 0 atom stereocenters. The molecule has 5 heteroatoms. The standard InChI is InChI=1S/C17H25N5/c1-2-4-16(5-3-1)15-22-12-10-21(11-13-22)9-8-18-14-17-19-6-7-20-17/h1-7,18H,8-15H2,(H,19,20). The number of H-pyrrole nitrogens is 1. The Balaban J connectivity index is 1.30. The maximum Gasteiger partial charge on any atom is 0.120 e. The predicted molar refractivity (Wildman–Crippen MR) is 88.5 cm³/mol. The first-order valence-corrected chi connectivity index (χ1v) is 8.08. The van der Waals surface area contributed by atoms with Crippen LogP contribution in [0.2, 0.25) is 0 Å². The zero-order valence-electron chi connectivity index (χ0n) is 13.0. The maximum absolute atomic E-state index is 4.21. The van der Waals surface area contributed by atoms with Gasteiger partial charge in [0.15, 0.2) is 0 Å². The van der Waals surface area contributed by atoms with E-state index in [2.05, 4.69) is 55.4 Å². The van der Waals surface area contributed by atoms with Crippen molar-refractivity contribution in [3.05, 3.63) is 54.1 Å². The molecule has 0 amide bonds. The van der Waals surface area contributed by atoms with Gasteiger partial charge in [-0.1, -0.05) is 30.3 Å². The van der Waals surface area contributed by atoms with Crippen LogP contribution in [0.1, 0.15) is 11.4 Å². The van der Waals surface area contributed by atoms with Crippen molar-refractivity contribution < 1.29 is 0 Å². The molecule has 0 spiro atoms. The summed E-state index contributed by atoms with van der Waals surface area (Å²) in [4.78, 5) is 12.4. The SMILES string of the molecule is c1ccc(CN2CCN(CCNCc3ncc[nH]3)CC2)cc1. The Kier molecular flexibility index (Phi) is 5.59. The Morgan fingerprint density at radius 2 is 1.82 bits per heavy atom. The summed E-state index contributed by atoms with van der Waals surface area (Å²) in [7, 11) is 0. The molecule has 118 valence electrons. The highest BCUT2D eigenvalue weighted by Gasteiger charge is 2.16. The van der Waals surface area contributed by atoms with Crippen molar-refractivity contribution in [3.8, 4) is 0 Å². The summed E-state index contributed by atoms with van der Waals surface area (Å²) in [5, 5.41) is 3.44. The third-order valence-electron chi connectivity index (χ3n) is 4.17. The van der Waals surface area contributed by atoms with Gasteiger partial charge < -0.3 is 10.3 Å². The normalized spacial score (nSPS) is 16.9. The summed E-state index contributed by atoms with van der Waals surface area (Å²) in [5.74, 6) is 1.01. The van der Waals surface area contributed by atoms with Crippen molar-refractivity contribution in [1.29, 1.82) is 0 Å². The molecule has 22 heavy (non-hydrogen) atoms. The zero-order valence-corrected chi connectivity index (χ0v) is 13.0. The summed E-state index contributed by atoms with van der Waals surface area (Å²) in [6.45, 7) is 8.66. The summed E-state index contributed by atoms with van der Waals surface area (Å²) in [5.41, 5.74) is 1.41. The van der Waals surface area contributed by atoms with Gasteiger partial charge in [-0.2, -0.15) is 0 Å². The number of nitrogens with one attached hydrogen (secondary N) is 2. The molecule has 2 heterocycles. The minimum absolute atomic E-state index is 0.820. The van der Waals surface area contributed by atoms with E-state index < -0.39 is 0 Å². The van der Waals surface area contributed by atoms with Crippen LogP contribution in [0, 0.1) is 0 Å². The Bertz CT molecular complexity index is 517. The number of nitrogens with zero attached hydrogens (tertiary/aromatic N) is 3. The molecular weight excluding hydrogens is 274 g/mol. The van der Waals surface area contributed by atoms with E-state index >= 15 is 0 Å². The van der Waals surface area contributed by atoms with E-state index in [1.54, 1.807) is 6.20 Å². The van der Waals surface area contributed by atoms with Gasteiger partial charge in [0, 0.05) is 58.2 Å². The predicted octanol–water partition coefficient (Wildman–Crippen LogP) is 1.32. The van der Waals surface area contributed by atoms with Crippen molar-refractivity contribution >= 4 is 0 Å². The van der Waals surface area contributed by atoms with Gasteiger partial charge in [0.2, 0.25) is 0 Å². The third kappa shape index (κ3) is 4.66. The third-order valence-corrected chi connectivity index (χ3v) is 4.17. The first-order chi connectivity index (χ1) is 10.9. The van der Waals surface area contributed by atoms with Gasteiger partial charge in [-0.05, 0) is 5.56 Å². The van der Waals surface area contributed by atoms with Crippen molar-refractivity contribution in [2.24, 2.45) is 0 Å². The number of aromatic amines is 1. The molecule has 0 unspecified atom stereocenters. The van der Waals surface area contributed by atoms with Crippen molar-refractivity contribution in [2.75, 3.05) is 39.3 Å². The maximum atomic E-state index is 4.21. The van der Waals surface area contributed by atoms with Gasteiger partial charge >= 0.3 is 0 Å². The van der Waals surface area contributed by atoms with E-state index in [0.717, 1.165) is 58.2 Å². The topological polar surface area (TPSA) is 47.2 Å². The molecule has 0 bridgehead atoms. The van der Waals surface area contributed by atoms with Crippen LogP contribution in [-0.2, 0) is 13.1 Å². The highest BCUT2D eigenvalue weighted by Crippen LogP contribution is 2.07. The quantitative estimate of drug-likeness (QED) is 0.757. The summed E-state index contributed by atoms with van der Waals surface area (Å²) in [6, 6.07) is 10.7. The molecule has 1 aliphatic rings. The molecule has 3 rings (SSSR count). The molecule has 1 aliphatic heterocycles. The van der Waals surface area contributed by atoms with E-state index in [-0.39, 0.29) is 0 Å². The number of piperazine rings is 1. The van der Waals surface area contributed by atoms with Gasteiger partial charge in [-0.15, -0.1) is 0 Å². The summed E-state index contributed by atoms with van der Waals surface area (Å²) < 4.78 is 0. The van der Waals surface area contributed by atoms with E-state index in [9.17, 15) is 0 Å². The number of hydrogen-bond acceptors (Lipinski definition) is 4. The average Bonchev–Trinajstić information content (AvgIpc) is 3.07. The second-order valence-corrected chi connectivity index (χ2v) is 5.82. The molecule has 1 aromatic heterocycles. The molecule has 1 fully saturated rings. The lowest BCUT2D eigenvalue weighted by Gasteiger charge is -2.34. The zero-order chi connectivity index (χ0) is 15.0. The second-order valence-electron chi connectivity index (χ2n) is 5.82. The smallest absolute Gasteiger partial charge is 0.120 e. The van der Waals surface area contributed by atoms with Crippen LogP contribution in [0.3, 0.4) is 0 Å². The average molecular weight is 299 g/mol. The largest absolute Gasteiger partial charge is 0.348 e. The highest BCUT2D eigenvalue weighted by atomic mass is 15.3. The lowest BCUT2D eigenvalue weighted by molar-refractivity contribution is 0.127. The lowest BCUT2D eigenvalue weighted by Crippen LogP contribution is -2.47. The van der Waals surface area contributed by atoms with E-state index in [1.165, 1.54) is 5.56 Å². The molecule has 2 N–H and O–H groups in total. The first-order valence-electron chi connectivity index (χ1n) is 8.08. The number of benzene rings is 1. The summed E-state index contributed by atoms with van der Waals surface area (Å²) >= 11 is 0. The van der Waals surface area contributed by atoms with Gasteiger partial charge in [0.25, 0.3) is 0 Å². The Hall–Kier alpha value is -1.69. The molecular formula is C17H25N5. The van der Waals surface area contributed by atoms with Crippen LogP contribution < -0.4 is 5.32 Å². The minimum Gasteiger partial charge on any atom is -0.348 e. The first kappa shape index (κ1) is 15.2. The van der Waals surface area contributed by atoms with Crippen LogP contribution >= 0.6 is 0 Å². The number of aromatic nitrogens is 2. The molecule has 0 saturated carbocycles. The Morgan fingerprint density at radius 3 is 2.55 bits per heavy atom. The molecule has 0 aliphatic carbocycles. The Labute approximate surface area is 132 Å². The van der Waals surface area contributed by atoms with Gasteiger partial charge in [0.05, 0.1) is 6.54 Å². The van der Waals surface area contributed by atoms with E-state index in [4.69, 9.17) is 0 Å². The van der Waals surface area contributed by atoms with Crippen LogP contribution in [0.4, 0.5) is 0 Å². The molecule has 1 saturated heterocycles. The highest BCUT2D eigenvalue weighted by molar-refractivity contribution is 5.14. The monoisotopic (exact) mass is 299 g/mol. The minimum atomic E-state index is 0.820. The van der Waals surface area contributed by atoms with Gasteiger partial charge in [-0.25, -0.2) is 4.98 Å². The number of imidazole rings is 1. The lowest BCUT2D eigenvalue weighted by atomic mass is 10.2. The molecule has 2 aromatic rings. The number of rotatable bonds is 7. The summed E-state index contributed by atoms with van der Waals surface area (Å²) in [6.07, 6.45) is 3.66. The van der Waals surface area contributed by atoms with Gasteiger partial charge in [-0.3, -0.25) is 9.80 Å². The molecule has 1 aromatic carbocycles. The van der Waals surface area contributed by atoms with Gasteiger partial charge in [0.1, 0.15) is 5.82 Å². The van der Waals surface area contributed by atoms with Crippen LogP contribution in [-0.4, -0.2) is 59.0 Å². The van der Waals surface area contributed by atoms with Crippen LogP contribution in [0.25, 0.3) is 0 Å².